The van der Waals surface area contributed by atoms with Crippen molar-refractivity contribution in [1.29, 1.82) is 0 Å². The van der Waals surface area contributed by atoms with Crippen molar-refractivity contribution in [3.8, 4) is 0 Å². The second-order valence-electron chi connectivity index (χ2n) is 5.19. The van der Waals surface area contributed by atoms with Crippen molar-refractivity contribution in [3.05, 3.63) is 34.1 Å². The number of carbonyl (C=O) groups is 3. The average Bonchev–Trinajstić information content (AvgIpc) is 3.26. The molecule has 1 aliphatic rings. The summed E-state index contributed by atoms with van der Waals surface area (Å²) in [5.74, 6) is 0.214. The molecule has 1 saturated heterocycles. The van der Waals surface area contributed by atoms with Crippen LogP contribution in [0.5, 0.6) is 0 Å². The van der Waals surface area contributed by atoms with E-state index in [1.807, 2.05) is 17.5 Å². The van der Waals surface area contributed by atoms with E-state index in [0.717, 1.165) is 4.88 Å². The number of rotatable bonds is 7. The highest BCUT2D eigenvalue weighted by atomic mass is 32.1. The smallest absolute Gasteiger partial charge is 0.322 e. The summed E-state index contributed by atoms with van der Waals surface area (Å²) in [6, 6.07) is 2.74. The maximum Gasteiger partial charge on any atom is 0.322 e. The maximum absolute atomic E-state index is 11.8. The minimum atomic E-state index is -0.661. The monoisotopic (exact) mass is 349 g/mol. The Bertz CT molecular complexity index is 742. The van der Waals surface area contributed by atoms with E-state index in [1.165, 1.54) is 0 Å². The second-order valence-corrected chi connectivity index (χ2v) is 6.22. The molecular formula is C14H15N5O4S. The van der Waals surface area contributed by atoms with E-state index in [9.17, 15) is 14.4 Å². The van der Waals surface area contributed by atoms with Gasteiger partial charge in [-0.3, -0.25) is 14.9 Å². The molecule has 1 fully saturated rings. The number of thiophene rings is 1. The van der Waals surface area contributed by atoms with Crippen LogP contribution in [0.25, 0.3) is 0 Å². The zero-order valence-corrected chi connectivity index (χ0v) is 13.4. The molecule has 9 nitrogen and oxygen atoms in total. The highest BCUT2D eigenvalue weighted by molar-refractivity contribution is 7.09. The van der Waals surface area contributed by atoms with E-state index in [-0.39, 0.29) is 25.3 Å². The molecule has 3 heterocycles. The molecule has 0 unspecified atom stereocenters. The molecule has 2 aromatic rings. The van der Waals surface area contributed by atoms with Crippen LogP contribution < -0.4 is 16.0 Å². The minimum Gasteiger partial charge on any atom is -0.349 e. The number of hydrogen-bond acceptors (Lipinski definition) is 7. The summed E-state index contributed by atoms with van der Waals surface area (Å²) in [5, 5.41) is 13.0. The molecular weight excluding hydrogens is 334 g/mol. The Morgan fingerprint density at radius 2 is 2.29 bits per heavy atom. The Labute approximate surface area is 140 Å². The van der Waals surface area contributed by atoms with Crippen molar-refractivity contribution in [1.82, 2.24) is 26.1 Å². The van der Waals surface area contributed by atoms with E-state index in [2.05, 4.69) is 26.1 Å². The van der Waals surface area contributed by atoms with Crippen LogP contribution in [0.15, 0.2) is 22.0 Å². The summed E-state index contributed by atoms with van der Waals surface area (Å²) in [4.78, 5) is 39.4. The van der Waals surface area contributed by atoms with E-state index < -0.39 is 18.0 Å². The first-order valence-electron chi connectivity index (χ1n) is 7.32. The van der Waals surface area contributed by atoms with Crippen molar-refractivity contribution in [3.63, 3.8) is 0 Å². The number of hydrogen-bond donors (Lipinski definition) is 3. The lowest BCUT2D eigenvalue weighted by atomic mass is 10.1. The first-order valence-corrected chi connectivity index (χ1v) is 8.20. The van der Waals surface area contributed by atoms with Gasteiger partial charge in [0.2, 0.25) is 11.8 Å². The molecule has 3 N–H and O–H groups in total. The molecule has 0 spiro atoms. The van der Waals surface area contributed by atoms with Gasteiger partial charge in [0.1, 0.15) is 6.04 Å². The van der Waals surface area contributed by atoms with Crippen LogP contribution >= 0.6 is 11.3 Å². The first-order chi connectivity index (χ1) is 11.6. The number of amides is 4. The lowest BCUT2D eigenvalue weighted by Gasteiger charge is -2.06. The summed E-state index contributed by atoms with van der Waals surface area (Å²) >= 11 is 1.60. The number of carbonyl (C=O) groups excluding carboxylic acids is 3. The molecule has 0 saturated carbocycles. The van der Waals surface area contributed by atoms with Crippen LogP contribution in [-0.4, -0.2) is 34.0 Å². The molecule has 4 amide bonds. The van der Waals surface area contributed by atoms with Gasteiger partial charge in [0.15, 0.2) is 5.82 Å². The van der Waals surface area contributed by atoms with Gasteiger partial charge in [-0.05, 0) is 17.9 Å². The van der Waals surface area contributed by atoms with Crippen LogP contribution in [0.4, 0.5) is 4.79 Å². The third kappa shape index (κ3) is 4.16. The Morgan fingerprint density at radius 3 is 3.00 bits per heavy atom. The van der Waals surface area contributed by atoms with Gasteiger partial charge in [-0.25, -0.2) is 4.79 Å². The number of aromatic nitrogens is 2. The molecule has 3 rings (SSSR count). The van der Waals surface area contributed by atoms with Crippen LogP contribution in [0.1, 0.15) is 29.4 Å². The molecule has 1 atom stereocenters. The fourth-order valence-corrected chi connectivity index (χ4v) is 2.90. The van der Waals surface area contributed by atoms with Crippen molar-refractivity contribution >= 4 is 29.2 Å². The van der Waals surface area contributed by atoms with Crippen molar-refractivity contribution in [2.75, 3.05) is 0 Å². The summed E-state index contributed by atoms with van der Waals surface area (Å²) in [7, 11) is 0. The standard InChI is InChI=1S/C14H15N5O4S/c20-11(4-3-9-13(21)18-14(22)16-9)15-7-10-17-12(23-19-10)6-8-2-1-5-24-8/h1-2,5,9H,3-4,6-7H2,(H,15,20)(H2,16,18,21,22)/t9-/m1/s1. The molecule has 24 heavy (non-hydrogen) atoms. The molecule has 1 aliphatic heterocycles. The number of nitrogens with one attached hydrogen (secondary N) is 3. The molecule has 0 radical (unpaired) electrons. The van der Waals surface area contributed by atoms with Gasteiger partial charge in [-0.15, -0.1) is 11.3 Å². The largest absolute Gasteiger partial charge is 0.349 e. The summed E-state index contributed by atoms with van der Waals surface area (Å²) < 4.78 is 5.13. The highest BCUT2D eigenvalue weighted by Gasteiger charge is 2.29. The SMILES string of the molecule is O=C(CC[C@H]1NC(=O)NC1=O)NCc1noc(Cc2cccs2)n1. The zero-order chi connectivity index (χ0) is 16.9. The van der Waals surface area contributed by atoms with Gasteiger partial charge in [0.05, 0.1) is 13.0 Å². The van der Waals surface area contributed by atoms with Crippen LogP contribution in [0.2, 0.25) is 0 Å². The zero-order valence-electron chi connectivity index (χ0n) is 12.6. The number of urea groups is 1. The van der Waals surface area contributed by atoms with E-state index in [0.29, 0.717) is 18.1 Å². The molecule has 0 bridgehead atoms. The van der Waals surface area contributed by atoms with Crippen LogP contribution in [0.3, 0.4) is 0 Å². The van der Waals surface area contributed by atoms with E-state index >= 15 is 0 Å². The molecule has 126 valence electrons. The predicted octanol–water partition coefficient (Wildman–Crippen LogP) is 0.326. The Hall–Kier alpha value is -2.75. The Kier molecular flexibility index (Phi) is 4.85. The number of nitrogens with zero attached hydrogens (tertiary/aromatic N) is 2. The average molecular weight is 349 g/mol. The van der Waals surface area contributed by atoms with Gasteiger partial charge in [0.25, 0.3) is 5.91 Å². The van der Waals surface area contributed by atoms with Gasteiger partial charge in [-0.2, -0.15) is 4.98 Å². The fraction of sp³-hybridized carbons (Fsp3) is 0.357. The van der Waals surface area contributed by atoms with Gasteiger partial charge in [0, 0.05) is 11.3 Å². The summed E-state index contributed by atoms with van der Waals surface area (Å²) in [6.07, 6.45) is 0.909. The van der Waals surface area contributed by atoms with Gasteiger partial charge >= 0.3 is 6.03 Å². The third-order valence-corrected chi connectivity index (χ3v) is 4.25. The van der Waals surface area contributed by atoms with Crippen LogP contribution in [0, 0.1) is 0 Å². The lowest BCUT2D eigenvalue weighted by molar-refractivity contribution is -0.122. The number of imide groups is 1. The lowest BCUT2D eigenvalue weighted by Crippen LogP contribution is -2.31. The van der Waals surface area contributed by atoms with Crippen molar-refractivity contribution < 1.29 is 18.9 Å². The normalized spacial score (nSPS) is 16.8. The molecule has 2 aromatic heterocycles. The van der Waals surface area contributed by atoms with E-state index in [1.54, 1.807) is 11.3 Å². The van der Waals surface area contributed by atoms with Crippen molar-refractivity contribution in [2.24, 2.45) is 0 Å². The summed E-state index contributed by atoms with van der Waals surface area (Å²) in [6.45, 7) is 0.149. The van der Waals surface area contributed by atoms with Gasteiger partial charge in [-0.1, -0.05) is 11.2 Å². The second kappa shape index (κ2) is 7.21. The van der Waals surface area contributed by atoms with Crippen molar-refractivity contribution in [2.45, 2.75) is 31.8 Å². The van der Waals surface area contributed by atoms with E-state index in [4.69, 9.17) is 4.52 Å². The highest BCUT2D eigenvalue weighted by Crippen LogP contribution is 2.13. The Morgan fingerprint density at radius 1 is 1.42 bits per heavy atom. The third-order valence-electron chi connectivity index (χ3n) is 3.38. The minimum absolute atomic E-state index is 0.109. The quantitative estimate of drug-likeness (QED) is 0.618. The summed E-state index contributed by atoms with van der Waals surface area (Å²) in [5.41, 5.74) is 0. The topological polar surface area (TPSA) is 126 Å². The molecule has 0 aromatic carbocycles. The molecule has 0 aliphatic carbocycles. The first kappa shape index (κ1) is 16.1. The maximum atomic E-state index is 11.8. The fourth-order valence-electron chi connectivity index (χ4n) is 2.20. The molecule has 10 heteroatoms. The van der Waals surface area contributed by atoms with Gasteiger partial charge < -0.3 is 15.2 Å². The predicted molar refractivity (Wildman–Crippen MR) is 83.0 cm³/mol. The van der Waals surface area contributed by atoms with Crippen LogP contribution in [-0.2, 0) is 22.6 Å². The Balaban J connectivity index is 1.41.